The molecule has 0 radical (unpaired) electrons. The third-order valence-electron chi connectivity index (χ3n) is 6.83. The number of carbonyl (C=O) groups excluding carboxylic acids is 3. The number of halogens is 5. The maximum atomic E-state index is 13.8. The zero-order valence-corrected chi connectivity index (χ0v) is 21.2. The highest BCUT2D eigenvalue weighted by atomic mass is 19.4. The Kier molecular flexibility index (Phi) is 8.74. The van der Waals surface area contributed by atoms with Crippen LogP contribution in [0.3, 0.4) is 0 Å². The molecule has 1 saturated heterocycles. The number of hydrogen-bond donors (Lipinski definition) is 3. The third kappa shape index (κ3) is 7.79. The van der Waals surface area contributed by atoms with E-state index in [9.17, 15) is 36.3 Å². The quantitative estimate of drug-likeness (QED) is 0.403. The Morgan fingerprint density at radius 3 is 2.48 bits per heavy atom. The smallest absolute Gasteiger partial charge is 0.410 e. The number of nitrogens with one attached hydrogen (secondary N) is 3. The lowest BCUT2D eigenvalue weighted by molar-refractivity contribution is -0.149. The normalized spacial score (nSPS) is 20.0. The first kappa shape index (κ1) is 29.0. The topological polar surface area (TPSA) is 113 Å². The van der Waals surface area contributed by atoms with Crippen LogP contribution in [0.1, 0.15) is 36.8 Å². The molecular weight excluding hydrogens is 541 g/mol. The summed E-state index contributed by atoms with van der Waals surface area (Å²) in [4.78, 5) is 42.8. The molecule has 4 rings (SSSR count). The third-order valence-corrected chi connectivity index (χ3v) is 6.83. The summed E-state index contributed by atoms with van der Waals surface area (Å²) in [7, 11) is 0. The molecule has 2 heterocycles. The molecule has 40 heavy (non-hydrogen) atoms. The summed E-state index contributed by atoms with van der Waals surface area (Å²) in [6, 6.07) is 7.60. The number of rotatable bonds is 8. The van der Waals surface area contributed by atoms with Gasteiger partial charge in [0.2, 0.25) is 11.8 Å². The lowest BCUT2D eigenvalue weighted by atomic mass is 9.81. The van der Waals surface area contributed by atoms with Crippen LogP contribution in [-0.2, 0) is 22.7 Å². The molecule has 2 aliphatic rings. The van der Waals surface area contributed by atoms with Gasteiger partial charge in [0.25, 0.3) is 0 Å². The highest BCUT2D eigenvalue weighted by Gasteiger charge is 2.46. The minimum atomic E-state index is -4.59. The summed E-state index contributed by atoms with van der Waals surface area (Å²) in [6.45, 7) is -0.808. The number of urea groups is 1. The van der Waals surface area contributed by atoms with Crippen molar-refractivity contribution < 1.29 is 41.1 Å². The monoisotopic (exact) mass is 569 g/mol. The summed E-state index contributed by atoms with van der Waals surface area (Å²) < 4.78 is 71.7. The summed E-state index contributed by atoms with van der Waals surface area (Å²) >= 11 is 0. The highest BCUT2D eigenvalue weighted by molar-refractivity contribution is 5.96. The van der Waals surface area contributed by atoms with Crippen molar-refractivity contribution in [2.24, 2.45) is 5.92 Å². The van der Waals surface area contributed by atoms with Crippen LogP contribution < -0.4 is 16.0 Å². The maximum Gasteiger partial charge on any atom is 0.410 e. The van der Waals surface area contributed by atoms with Gasteiger partial charge in [0.15, 0.2) is 0 Å². The van der Waals surface area contributed by atoms with Crippen molar-refractivity contribution in [2.75, 3.05) is 11.9 Å². The number of benzene rings is 1. The largest absolute Gasteiger partial charge is 0.445 e. The van der Waals surface area contributed by atoms with Crippen molar-refractivity contribution in [3.8, 4) is 0 Å². The van der Waals surface area contributed by atoms with Crippen molar-refractivity contribution in [1.82, 2.24) is 20.5 Å². The molecule has 2 atom stereocenters. The van der Waals surface area contributed by atoms with E-state index in [-0.39, 0.29) is 31.8 Å². The van der Waals surface area contributed by atoms with E-state index in [1.165, 1.54) is 18.3 Å². The van der Waals surface area contributed by atoms with Crippen LogP contribution in [0.15, 0.2) is 48.7 Å². The maximum absolute atomic E-state index is 13.8. The first-order chi connectivity index (χ1) is 18.9. The van der Waals surface area contributed by atoms with Crippen molar-refractivity contribution in [1.29, 1.82) is 0 Å². The molecule has 3 N–H and O–H groups in total. The Hall–Kier alpha value is -3.97. The fourth-order valence-corrected chi connectivity index (χ4v) is 4.66. The van der Waals surface area contributed by atoms with E-state index in [1.807, 2.05) is 5.32 Å². The standard InChI is InChI=1S/C26H28F5N5O4/c27-25(28)9-6-18(7-10-25)21(35-24(39)40-15-16-4-2-1-3-5-16)22(37)34-20-12-17(8-11-32-20)13-36-14-19(26(29,30)31)33-23(36)38/h1-5,8,11-12,18-19,21H,6-7,9-10,13-15H2,(H,33,38)(H,35,39)(H,32,34,37)/t19-,21-/m1/s1. The summed E-state index contributed by atoms with van der Waals surface area (Å²) in [5.41, 5.74) is 1.11. The molecule has 1 aliphatic carbocycles. The molecule has 0 spiro atoms. The predicted molar refractivity (Wildman–Crippen MR) is 132 cm³/mol. The van der Waals surface area contributed by atoms with E-state index in [0.29, 0.717) is 11.1 Å². The molecule has 2 fully saturated rings. The number of alkyl carbamates (subject to hydrolysis) is 1. The second kappa shape index (κ2) is 12.0. The first-order valence-corrected chi connectivity index (χ1v) is 12.6. The Labute approximate surface area is 226 Å². The molecule has 0 unspecified atom stereocenters. The Bertz CT molecular complexity index is 1200. The average molecular weight is 570 g/mol. The van der Waals surface area contributed by atoms with Crippen LogP contribution in [0.25, 0.3) is 0 Å². The number of carbonyl (C=O) groups is 3. The van der Waals surface area contributed by atoms with Gasteiger partial charge < -0.3 is 25.6 Å². The minimum Gasteiger partial charge on any atom is -0.445 e. The van der Waals surface area contributed by atoms with Gasteiger partial charge in [0.05, 0.1) is 6.54 Å². The molecule has 0 bridgehead atoms. The van der Waals surface area contributed by atoms with Gasteiger partial charge in [-0.15, -0.1) is 0 Å². The number of alkyl halides is 5. The van der Waals surface area contributed by atoms with Crippen LogP contribution in [0.5, 0.6) is 0 Å². The van der Waals surface area contributed by atoms with Crippen molar-refractivity contribution in [3.63, 3.8) is 0 Å². The van der Waals surface area contributed by atoms with E-state index < -0.39 is 67.5 Å². The van der Waals surface area contributed by atoms with Gasteiger partial charge in [0.1, 0.15) is 24.5 Å². The number of amides is 4. The Balaban J connectivity index is 1.41. The van der Waals surface area contributed by atoms with E-state index in [2.05, 4.69) is 15.6 Å². The van der Waals surface area contributed by atoms with Gasteiger partial charge >= 0.3 is 18.3 Å². The Morgan fingerprint density at radius 2 is 1.82 bits per heavy atom. The van der Waals surface area contributed by atoms with E-state index in [0.717, 1.165) is 4.90 Å². The molecule has 1 aromatic carbocycles. The molecule has 1 saturated carbocycles. The lowest BCUT2D eigenvalue weighted by Crippen LogP contribution is -2.50. The number of anilines is 1. The second-order valence-corrected chi connectivity index (χ2v) is 9.84. The van der Waals surface area contributed by atoms with E-state index in [1.54, 1.807) is 30.3 Å². The summed E-state index contributed by atoms with van der Waals surface area (Å²) in [5.74, 6) is -4.15. The summed E-state index contributed by atoms with van der Waals surface area (Å²) in [5, 5.41) is 6.91. The molecule has 1 aliphatic heterocycles. The van der Waals surface area contributed by atoms with Gasteiger partial charge in [-0.3, -0.25) is 4.79 Å². The number of hydrogen-bond acceptors (Lipinski definition) is 5. The SMILES string of the molecule is O=C(N[C@@H](C(=O)Nc1cc(CN2C[C@H](C(F)(F)F)NC2=O)ccn1)C1CCC(F)(F)CC1)OCc1ccccc1. The van der Waals surface area contributed by atoms with Gasteiger partial charge in [-0.05, 0) is 42.0 Å². The van der Waals surface area contributed by atoms with Crippen LogP contribution in [0, 0.1) is 5.92 Å². The fourth-order valence-electron chi connectivity index (χ4n) is 4.66. The number of aromatic nitrogens is 1. The van der Waals surface area contributed by atoms with Crippen LogP contribution in [0.2, 0.25) is 0 Å². The fraction of sp³-hybridized carbons (Fsp3) is 0.462. The van der Waals surface area contributed by atoms with Crippen LogP contribution >= 0.6 is 0 Å². The molecular formula is C26H28F5N5O4. The van der Waals surface area contributed by atoms with Gasteiger partial charge in [-0.25, -0.2) is 23.4 Å². The van der Waals surface area contributed by atoms with Crippen molar-refractivity contribution in [3.05, 3.63) is 59.8 Å². The molecule has 216 valence electrons. The zero-order chi connectivity index (χ0) is 28.9. The zero-order valence-electron chi connectivity index (χ0n) is 21.2. The van der Waals surface area contributed by atoms with Gasteiger partial charge in [0, 0.05) is 25.6 Å². The van der Waals surface area contributed by atoms with Crippen LogP contribution in [0.4, 0.5) is 37.4 Å². The van der Waals surface area contributed by atoms with Crippen LogP contribution in [-0.4, -0.2) is 58.6 Å². The Morgan fingerprint density at radius 1 is 1.12 bits per heavy atom. The number of pyridine rings is 1. The lowest BCUT2D eigenvalue weighted by Gasteiger charge is -2.33. The van der Waals surface area contributed by atoms with E-state index in [4.69, 9.17) is 4.74 Å². The highest BCUT2D eigenvalue weighted by Crippen LogP contribution is 2.37. The average Bonchev–Trinajstić information content (AvgIpc) is 3.27. The molecule has 9 nitrogen and oxygen atoms in total. The van der Waals surface area contributed by atoms with Gasteiger partial charge in [-0.2, -0.15) is 13.2 Å². The van der Waals surface area contributed by atoms with E-state index >= 15 is 0 Å². The number of ether oxygens (including phenoxy) is 1. The van der Waals surface area contributed by atoms with Gasteiger partial charge in [-0.1, -0.05) is 30.3 Å². The molecule has 14 heteroatoms. The molecule has 1 aromatic heterocycles. The number of nitrogens with zero attached hydrogens (tertiary/aromatic N) is 2. The molecule has 4 amide bonds. The summed E-state index contributed by atoms with van der Waals surface area (Å²) in [6.07, 6.45) is -5.08. The molecule has 2 aromatic rings. The predicted octanol–water partition coefficient (Wildman–Crippen LogP) is 4.60. The van der Waals surface area contributed by atoms with Crippen molar-refractivity contribution in [2.45, 2.75) is 63.0 Å². The minimum absolute atomic E-state index is 0.0119. The first-order valence-electron chi connectivity index (χ1n) is 12.6. The second-order valence-electron chi connectivity index (χ2n) is 9.84. The van der Waals surface area contributed by atoms with Crippen molar-refractivity contribution >= 4 is 23.8 Å².